The van der Waals surface area contributed by atoms with Gasteiger partial charge in [0.2, 0.25) is 0 Å². The van der Waals surface area contributed by atoms with Crippen molar-refractivity contribution in [3.8, 4) is 11.5 Å². The van der Waals surface area contributed by atoms with Crippen LogP contribution in [-0.4, -0.2) is 24.7 Å². The highest BCUT2D eigenvalue weighted by Crippen LogP contribution is 2.34. The molecule has 0 spiro atoms. The first kappa shape index (κ1) is 15.7. The van der Waals surface area contributed by atoms with Crippen LogP contribution < -0.4 is 10.7 Å². The molecule has 1 aliphatic carbocycles. The third kappa shape index (κ3) is 2.77. The molecule has 3 aromatic heterocycles. The summed E-state index contributed by atoms with van der Waals surface area (Å²) in [5.41, 5.74) is 2.24. The van der Waals surface area contributed by atoms with Crippen molar-refractivity contribution in [1.29, 1.82) is 0 Å². The molecule has 27 heavy (non-hydrogen) atoms. The van der Waals surface area contributed by atoms with E-state index in [1.165, 1.54) is 12.5 Å². The Labute approximate surface area is 155 Å². The van der Waals surface area contributed by atoms with E-state index in [4.69, 9.17) is 4.98 Å². The van der Waals surface area contributed by atoms with Gasteiger partial charge in [0.05, 0.1) is 16.6 Å². The minimum absolute atomic E-state index is 0.0345. The third-order valence-corrected chi connectivity index (χ3v) is 5.07. The molecule has 1 aliphatic rings. The Bertz CT molecular complexity index is 1170. The molecule has 1 fully saturated rings. The van der Waals surface area contributed by atoms with E-state index in [0.29, 0.717) is 17.2 Å². The molecular formula is C20H18N6O. The number of aromatic nitrogens is 5. The predicted octanol–water partition coefficient (Wildman–Crippen LogP) is 3.65. The van der Waals surface area contributed by atoms with E-state index in [1.807, 2.05) is 36.4 Å². The second-order valence-corrected chi connectivity index (χ2v) is 6.75. The molecule has 7 heteroatoms. The lowest BCUT2D eigenvalue weighted by Gasteiger charge is -2.27. The number of nitrogens with zero attached hydrogens (tertiary/aromatic N) is 4. The van der Waals surface area contributed by atoms with E-state index < -0.39 is 0 Å². The van der Waals surface area contributed by atoms with Crippen molar-refractivity contribution >= 4 is 22.4 Å². The molecule has 134 valence electrons. The Hall–Kier alpha value is -3.48. The SMILES string of the molecule is O=c1cc[nH]c2cccc(Nc3cccc(-c4nncn4C4CCC4)n3)c12. The minimum atomic E-state index is -0.0345. The van der Waals surface area contributed by atoms with Crippen molar-refractivity contribution in [2.24, 2.45) is 0 Å². The molecule has 0 radical (unpaired) electrons. The van der Waals surface area contributed by atoms with Crippen molar-refractivity contribution < 1.29 is 0 Å². The number of pyridine rings is 2. The fourth-order valence-electron chi connectivity index (χ4n) is 3.46. The van der Waals surface area contributed by atoms with Crippen LogP contribution in [0, 0.1) is 0 Å². The third-order valence-electron chi connectivity index (χ3n) is 5.07. The summed E-state index contributed by atoms with van der Waals surface area (Å²) in [6.07, 6.45) is 6.99. The molecule has 0 aliphatic heterocycles. The van der Waals surface area contributed by atoms with Gasteiger partial charge in [0.1, 0.15) is 17.8 Å². The van der Waals surface area contributed by atoms with Gasteiger partial charge in [-0.25, -0.2) is 4.98 Å². The zero-order valence-electron chi connectivity index (χ0n) is 14.6. The van der Waals surface area contributed by atoms with Crippen molar-refractivity contribution in [2.75, 3.05) is 5.32 Å². The van der Waals surface area contributed by atoms with Gasteiger partial charge in [0.15, 0.2) is 11.3 Å². The smallest absolute Gasteiger partial charge is 0.191 e. The lowest BCUT2D eigenvalue weighted by molar-refractivity contribution is 0.315. The molecule has 3 heterocycles. The van der Waals surface area contributed by atoms with Crippen LogP contribution in [0.1, 0.15) is 25.3 Å². The molecule has 0 unspecified atom stereocenters. The first-order chi connectivity index (χ1) is 13.3. The number of aromatic amines is 1. The van der Waals surface area contributed by atoms with Gasteiger partial charge >= 0.3 is 0 Å². The summed E-state index contributed by atoms with van der Waals surface area (Å²) in [4.78, 5) is 20.1. The van der Waals surface area contributed by atoms with Crippen molar-refractivity contribution in [3.63, 3.8) is 0 Å². The molecule has 2 N–H and O–H groups in total. The fraction of sp³-hybridized carbons (Fsp3) is 0.200. The molecule has 4 aromatic rings. The average Bonchev–Trinajstić information content (AvgIpc) is 3.10. The van der Waals surface area contributed by atoms with Crippen LogP contribution in [-0.2, 0) is 0 Å². The highest BCUT2D eigenvalue weighted by Gasteiger charge is 2.23. The van der Waals surface area contributed by atoms with Gasteiger partial charge in [-0.2, -0.15) is 0 Å². The lowest BCUT2D eigenvalue weighted by Crippen LogP contribution is -2.17. The standard InChI is InChI=1S/C20H18N6O/c27-17-10-11-21-14-6-2-7-15(19(14)17)23-18-9-3-8-16(24-18)20-25-22-12-26(20)13-4-1-5-13/h2-3,6-13H,1,4-5H2,(H,21,27)(H,23,24). The van der Waals surface area contributed by atoms with Crippen LogP contribution in [0.5, 0.6) is 0 Å². The summed E-state index contributed by atoms with van der Waals surface area (Å²) < 4.78 is 2.11. The summed E-state index contributed by atoms with van der Waals surface area (Å²) in [6.45, 7) is 0. The van der Waals surface area contributed by atoms with Crippen LogP contribution in [0.15, 0.2) is 59.8 Å². The van der Waals surface area contributed by atoms with Crippen LogP contribution in [0.4, 0.5) is 11.5 Å². The summed E-state index contributed by atoms with van der Waals surface area (Å²) in [5.74, 6) is 1.44. The lowest BCUT2D eigenvalue weighted by atomic mass is 9.93. The van der Waals surface area contributed by atoms with Crippen LogP contribution >= 0.6 is 0 Å². The number of fused-ring (bicyclic) bond motifs is 1. The van der Waals surface area contributed by atoms with E-state index in [1.54, 1.807) is 12.5 Å². The maximum Gasteiger partial charge on any atom is 0.191 e. The molecule has 1 aromatic carbocycles. The van der Waals surface area contributed by atoms with Gasteiger partial charge in [-0.05, 0) is 43.5 Å². The van der Waals surface area contributed by atoms with E-state index in [0.717, 1.165) is 35.6 Å². The van der Waals surface area contributed by atoms with Crippen LogP contribution in [0.3, 0.4) is 0 Å². The maximum absolute atomic E-state index is 12.3. The average molecular weight is 358 g/mol. The number of rotatable bonds is 4. The number of H-pyrrole nitrogens is 1. The maximum atomic E-state index is 12.3. The molecule has 0 bridgehead atoms. The number of anilines is 2. The first-order valence-electron chi connectivity index (χ1n) is 9.04. The highest BCUT2D eigenvalue weighted by atomic mass is 16.1. The highest BCUT2D eigenvalue weighted by molar-refractivity contribution is 5.92. The van der Waals surface area contributed by atoms with E-state index >= 15 is 0 Å². The largest absolute Gasteiger partial charge is 0.361 e. The number of hydrogen-bond donors (Lipinski definition) is 2. The van der Waals surface area contributed by atoms with E-state index in [-0.39, 0.29) is 5.43 Å². The van der Waals surface area contributed by atoms with Gasteiger partial charge in [-0.15, -0.1) is 10.2 Å². The number of benzene rings is 1. The Morgan fingerprint density at radius 1 is 1.11 bits per heavy atom. The Kier molecular flexibility index (Phi) is 3.71. The van der Waals surface area contributed by atoms with E-state index in [2.05, 4.69) is 25.1 Å². The first-order valence-corrected chi connectivity index (χ1v) is 9.04. The topological polar surface area (TPSA) is 88.5 Å². The number of hydrogen-bond acceptors (Lipinski definition) is 5. The molecule has 0 amide bonds. The summed E-state index contributed by atoms with van der Waals surface area (Å²) in [5, 5.41) is 12.2. The monoisotopic (exact) mass is 358 g/mol. The van der Waals surface area contributed by atoms with Crippen molar-refractivity contribution in [1.82, 2.24) is 24.7 Å². The minimum Gasteiger partial charge on any atom is -0.361 e. The fourth-order valence-corrected chi connectivity index (χ4v) is 3.46. The Morgan fingerprint density at radius 2 is 2.00 bits per heavy atom. The molecule has 1 saturated carbocycles. The zero-order chi connectivity index (χ0) is 18.2. The van der Waals surface area contributed by atoms with Gasteiger partial charge in [-0.1, -0.05) is 12.1 Å². The number of nitrogens with one attached hydrogen (secondary N) is 2. The molecule has 0 atom stereocenters. The Balaban J connectivity index is 1.52. The van der Waals surface area contributed by atoms with Gasteiger partial charge in [-0.3, -0.25) is 4.79 Å². The zero-order valence-corrected chi connectivity index (χ0v) is 14.6. The van der Waals surface area contributed by atoms with Crippen molar-refractivity contribution in [2.45, 2.75) is 25.3 Å². The molecule has 7 nitrogen and oxygen atoms in total. The van der Waals surface area contributed by atoms with Crippen LogP contribution in [0.2, 0.25) is 0 Å². The van der Waals surface area contributed by atoms with Crippen molar-refractivity contribution in [3.05, 3.63) is 65.2 Å². The molecular weight excluding hydrogens is 340 g/mol. The van der Waals surface area contributed by atoms with Gasteiger partial charge < -0.3 is 14.9 Å². The molecule has 5 rings (SSSR count). The van der Waals surface area contributed by atoms with Crippen LogP contribution in [0.25, 0.3) is 22.4 Å². The summed E-state index contributed by atoms with van der Waals surface area (Å²) in [7, 11) is 0. The summed E-state index contributed by atoms with van der Waals surface area (Å²) in [6, 6.07) is 13.4. The summed E-state index contributed by atoms with van der Waals surface area (Å²) >= 11 is 0. The van der Waals surface area contributed by atoms with E-state index in [9.17, 15) is 4.79 Å². The normalized spacial score (nSPS) is 14.2. The Morgan fingerprint density at radius 3 is 2.85 bits per heavy atom. The second kappa shape index (κ2) is 6.35. The van der Waals surface area contributed by atoms with Gasteiger partial charge in [0.25, 0.3) is 0 Å². The quantitative estimate of drug-likeness (QED) is 0.581. The second-order valence-electron chi connectivity index (χ2n) is 6.75. The van der Waals surface area contributed by atoms with Gasteiger partial charge in [0, 0.05) is 18.3 Å². The molecule has 0 saturated heterocycles. The predicted molar refractivity (Wildman–Crippen MR) is 104 cm³/mol.